The van der Waals surface area contributed by atoms with Gasteiger partial charge in [-0.05, 0) is 49.1 Å². The van der Waals surface area contributed by atoms with Gasteiger partial charge in [-0.15, -0.1) is 0 Å². The van der Waals surface area contributed by atoms with E-state index in [1.54, 1.807) is 14.2 Å². The number of hydrogen-bond acceptors (Lipinski definition) is 5. The Morgan fingerprint density at radius 1 is 0.828 bits per heavy atom. The number of benzene rings is 2. The van der Waals surface area contributed by atoms with E-state index in [4.69, 9.17) is 18.9 Å². The molecule has 0 aliphatic heterocycles. The summed E-state index contributed by atoms with van der Waals surface area (Å²) in [5.74, 6) is 2.61. The number of anilines is 1. The molecule has 2 rings (SSSR count). The molecule has 0 saturated heterocycles. The predicted octanol–water partition coefficient (Wildman–Crippen LogP) is 4.85. The van der Waals surface area contributed by atoms with Crippen LogP contribution in [0.5, 0.6) is 23.0 Å². The number of nitrogens with one attached hydrogen (secondary N) is 1. The topological polar surface area (TPSA) is 66.0 Å². The fraction of sp³-hybridized carbons (Fsp3) is 0.435. The third-order valence-corrected chi connectivity index (χ3v) is 4.24. The SMILES string of the molecule is CCCOc1ccc(NC(=O)CCc2ccc(OC)c(OC)c2)cc1OCCC. The average Bonchev–Trinajstić information content (AvgIpc) is 2.75. The van der Waals surface area contributed by atoms with Crippen LogP contribution in [0.25, 0.3) is 0 Å². The first-order chi connectivity index (χ1) is 14.1. The molecule has 0 unspecified atom stereocenters. The van der Waals surface area contributed by atoms with Gasteiger partial charge in [0.1, 0.15) is 0 Å². The Hall–Kier alpha value is -2.89. The van der Waals surface area contributed by atoms with Crippen molar-refractivity contribution in [3.8, 4) is 23.0 Å². The Labute approximate surface area is 173 Å². The quantitative estimate of drug-likeness (QED) is 0.551. The van der Waals surface area contributed by atoms with Gasteiger partial charge in [-0.3, -0.25) is 4.79 Å². The normalized spacial score (nSPS) is 10.3. The zero-order valence-electron chi connectivity index (χ0n) is 17.7. The number of rotatable bonds is 12. The van der Waals surface area contributed by atoms with Crippen molar-refractivity contribution < 1.29 is 23.7 Å². The molecule has 0 bridgehead atoms. The van der Waals surface area contributed by atoms with Crippen molar-refractivity contribution in [2.24, 2.45) is 0 Å². The Kier molecular flexibility index (Phi) is 9.15. The van der Waals surface area contributed by atoms with Gasteiger partial charge in [0.25, 0.3) is 0 Å². The number of aryl methyl sites for hydroxylation is 1. The van der Waals surface area contributed by atoms with Gasteiger partial charge in [-0.25, -0.2) is 0 Å². The van der Waals surface area contributed by atoms with Crippen LogP contribution in [0, 0.1) is 0 Å². The summed E-state index contributed by atoms with van der Waals surface area (Å²) in [5, 5.41) is 2.93. The second-order valence-electron chi connectivity index (χ2n) is 6.60. The Morgan fingerprint density at radius 2 is 1.48 bits per heavy atom. The van der Waals surface area contributed by atoms with Crippen LogP contribution in [0.2, 0.25) is 0 Å². The van der Waals surface area contributed by atoms with E-state index in [0.29, 0.717) is 54.7 Å². The van der Waals surface area contributed by atoms with Crippen LogP contribution in [0.4, 0.5) is 5.69 Å². The maximum absolute atomic E-state index is 12.4. The third kappa shape index (κ3) is 6.89. The summed E-state index contributed by atoms with van der Waals surface area (Å²) in [7, 11) is 3.20. The summed E-state index contributed by atoms with van der Waals surface area (Å²) in [5.41, 5.74) is 1.70. The lowest BCUT2D eigenvalue weighted by Crippen LogP contribution is -2.12. The number of carbonyl (C=O) groups is 1. The standard InChI is InChI=1S/C23H31NO5/c1-5-13-28-20-11-9-18(16-22(20)29-14-6-2)24-23(25)12-8-17-7-10-19(26-3)21(15-17)27-4/h7,9-11,15-16H,5-6,8,12-14H2,1-4H3,(H,24,25). The van der Waals surface area contributed by atoms with E-state index >= 15 is 0 Å². The molecule has 0 atom stereocenters. The van der Waals surface area contributed by atoms with Crippen LogP contribution >= 0.6 is 0 Å². The first-order valence-corrected chi connectivity index (χ1v) is 10.0. The lowest BCUT2D eigenvalue weighted by atomic mass is 10.1. The highest BCUT2D eigenvalue weighted by molar-refractivity contribution is 5.91. The second kappa shape index (κ2) is 11.8. The maximum atomic E-state index is 12.4. The summed E-state index contributed by atoms with van der Waals surface area (Å²) in [6, 6.07) is 11.2. The summed E-state index contributed by atoms with van der Waals surface area (Å²) >= 11 is 0. The van der Waals surface area contributed by atoms with Gasteiger partial charge < -0.3 is 24.3 Å². The van der Waals surface area contributed by atoms with Crippen molar-refractivity contribution in [1.29, 1.82) is 0 Å². The van der Waals surface area contributed by atoms with Gasteiger partial charge >= 0.3 is 0 Å². The average molecular weight is 402 g/mol. The van der Waals surface area contributed by atoms with E-state index in [1.165, 1.54) is 0 Å². The van der Waals surface area contributed by atoms with Gasteiger partial charge in [-0.2, -0.15) is 0 Å². The molecular formula is C23H31NO5. The summed E-state index contributed by atoms with van der Waals surface area (Å²) < 4.78 is 22.1. The summed E-state index contributed by atoms with van der Waals surface area (Å²) in [6.07, 6.45) is 2.77. The van der Waals surface area contributed by atoms with Gasteiger partial charge in [0.05, 0.1) is 27.4 Å². The van der Waals surface area contributed by atoms with Crippen molar-refractivity contribution in [3.05, 3.63) is 42.0 Å². The monoisotopic (exact) mass is 401 g/mol. The summed E-state index contributed by atoms with van der Waals surface area (Å²) in [4.78, 5) is 12.4. The van der Waals surface area contributed by atoms with Crippen LogP contribution in [-0.4, -0.2) is 33.3 Å². The number of hydrogen-bond donors (Lipinski definition) is 1. The highest BCUT2D eigenvalue weighted by Crippen LogP contribution is 2.31. The Morgan fingerprint density at radius 3 is 2.14 bits per heavy atom. The first-order valence-electron chi connectivity index (χ1n) is 10.0. The molecule has 0 aliphatic rings. The van der Waals surface area contributed by atoms with Crippen LogP contribution in [0.15, 0.2) is 36.4 Å². The Bertz CT molecular complexity index is 791. The molecule has 0 radical (unpaired) electrons. The van der Waals surface area contributed by atoms with E-state index in [2.05, 4.69) is 12.2 Å². The van der Waals surface area contributed by atoms with E-state index in [-0.39, 0.29) is 5.91 Å². The lowest BCUT2D eigenvalue weighted by Gasteiger charge is -2.14. The van der Waals surface area contributed by atoms with Crippen molar-refractivity contribution in [1.82, 2.24) is 0 Å². The largest absolute Gasteiger partial charge is 0.493 e. The van der Waals surface area contributed by atoms with Crippen LogP contribution in [0.1, 0.15) is 38.7 Å². The third-order valence-electron chi connectivity index (χ3n) is 4.24. The van der Waals surface area contributed by atoms with Gasteiger partial charge in [0.15, 0.2) is 23.0 Å². The molecule has 2 aromatic rings. The smallest absolute Gasteiger partial charge is 0.224 e. The van der Waals surface area contributed by atoms with Crippen LogP contribution in [-0.2, 0) is 11.2 Å². The van der Waals surface area contributed by atoms with E-state index in [0.717, 1.165) is 18.4 Å². The zero-order valence-corrected chi connectivity index (χ0v) is 17.7. The number of amides is 1. The first kappa shape index (κ1) is 22.4. The van der Waals surface area contributed by atoms with Crippen molar-refractivity contribution in [2.75, 3.05) is 32.8 Å². The molecule has 1 amide bonds. The molecule has 0 spiro atoms. The Balaban J connectivity index is 1.98. The van der Waals surface area contributed by atoms with E-state index in [9.17, 15) is 4.79 Å². The van der Waals surface area contributed by atoms with Crippen molar-refractivity contribution in [3.63, 3.8) is 0 Å². The molecule has 29 heavy (non-hydrogen) atoms. The maximum Gasteiger partial charge on any atom is 0.224 e. The minimum absolute atomic E-state index is 0.0662. The van der Waals surface area contributed by atoms with E-state index in [1.807, 2.05) is 43.3 Å². The fourth-order valence-corrected chi connectivity index (χ4v) is 2.76. The molecule has 0 aliphatic carbocycles. The van der Waals surface area contributed by atoms with Crippen molar-refractivity contribution >= 4 is 11.6 Å². The number of ether oxygens (including phenoxy) is 4. The molecule has 1 N–H and O–H groups in total. The van der Waals surface area contributed by atoms with Crippen molar-refractivity contribution in [2.45, 2.75) is 39.5 Å². The van der Waals surface area contributed by atoms with Gasteiger partial charge in [0.2, 0.25) is 5.91 Å². The molecule has 6 nitrogen and oxygen atoms in total. The van der Waals surface area contributed by atoms with Crippen LogP contribution < -0.4 is 24.3 Å². The van der Waals surface area contributed by atoms with E-state index < -0.39 is 0 Å². The zero-order chi connectivity index (χ0) is 21.1. The lowest BCUT2D eigenvalue weighted by molar-refractivity contribution is -0.116. The second-order valence-corrected chi connectivity index (χ2v) is 6.60. The highest BCUT2D eigenvalue weighted by atomic mass is 16.5. The number of methoxy groups -OCH3 is 2. The molecule has 0 heterocycles. The molecule has 0 saturated carbocycles. The predicted molar refractivity (Wildman–Crippen MR) is 115 cm³/mol. The van der Waals surface area contributed by atoms with Gasteiger partial charge in [-0.1, -0.05) is 19.9 Å². The summed E-state index contributed by atoms with van der Waals surface area (Å²) in [6.45, 7) is 5.32. The molecule has 6 heteroatoms. The molecule has 0 fully saturated rings. The molecule has 158 valence electrons. The minimum atomic E-state index is -0.0662. The minimum Gasteiger partial charge on any atom is -0.493 e. The molecule has 0 aromatic heterocycles. The van der Waals surface area contributed by atoms with Crippen LogP contribution in [0.3, 0.4) is 0 Å². The highest BCUT2D eigenvalue weighted by Gasteiger charge is 2.10. The molecular weight excluding hydrogens is 370 g/mol. The fourth-order valence-electron chi connectivity index (χ4n) is 2.76. The number of carbonyl (C=O) groups excluding carboxylic acids is 1. The molecule has 2 aromatic carbocycles. The van der Waals surface area contributed by atoms with Gasteiger partial charge in [0, 0.05) is 18.2 Å².